The van der Waals surface area contributed by atoms with Gasteiger partial charge in [-0.3, -0.25) is 14.2 Å². The van der Waals surface area contributed by atoms with Crippen molar-refractivity contribution < 1.29 is 30.8 Å². The van der Waals surface area contributed by atoms with E-state index < -0.39 is 61.8 Å². The van der Waals surface area contributed by atoms with Crippen molar-refractivity contribution in [2.45, 2.75) is 19.5 Å². The van der Waals surface area contributed by atoms with Crippen molar-refractivity contribution in [3.8, 4) is 11.8 Å². The van der Waals surface area contributed by atoms with E-state index in [9.17, 15) is 45.6 Å². The second kappa shape index (κ2) is 7.99. The Kier molecular flexibility index (Phi) is 6.13. The number of nitrogens with zero attached hydrogens (tertiary/aromatic N) is 4. The van der Waals surface area contributed by atoms with E-state index in [4.69, 9.17) is 0 Å². The number of nitriles is 1. The van der Waals surface area contributed by atoms with Crippen LogP contribution < -0.4 is 15.6 Å². The van der Waals surface area contributed by atoms with E-state index in [1.807, 2.05) is 0 Å². The number of carbonyl (C=O) groups is 1. The third-order valence-electron chi connectivity index (χ3n) is 4.12. The van der Waals surface area contributed by atoms with Crippen molar-refractivity contribution in [3.05, 3.63) is 56.1 Å². The van der Waals surface area contributed by atoms with Gasteiger partial charge in [0.1, 0.15) is 17.6 Å². The zero-order valence-electron chi connectivity index (χ0n) is 16.2. The summed E-state index contributed by atoms with van der Waals surface area (Å²) in [5.41, 5.74) is -6.95. The summed E-state index contributed by atoms with van der Waals surface area (Å²) in [7, 11) is -3.64. The molecule has 0 aliphatic rings. The maximum absolute atomic E-state index is 14.6. The number of hydrogen-bond acceptors (Lipinski definition) is 6. The summed E-state index contributed by atoms with van der Waals surface area (Å²) >= 11 is 0. The van der Waals surface area contributed by atoms with Crippen LogP contribution in [0.2, 0.25) is 0 Å². The number of amides is 1. The molecule has 0 radical (unpaired) electrons. The van der Waals surface area contributed by atoms with Crippen molar-refractivity contribution in [1.29, 1.82) is 5.26 Å². The van der Waals surface area contributed by atoms with E-state index in [1.165, 1.54) is 13.0 Å². The van der Waals surface area contributed by atoms with Gasteiger partial charge in [-0.1, -0.05) is 6.92 Å². The van der Waals surface area contributed by atoms with E-state index >= 15 is 0 Å². The van der Waals surface area contributed by atoms with Gasteiger partial charge in [0.15, 0.2) is 0 Å². The Balaban J connectivity index is 2.98. The quantitative estimate of drug-likeness (QED) is 0.631. The summed E-state index contributed by atoms with van der Waals surface area (Å²) in [6, 6.07) is 2.59. The van der Waals surface area contributed by atoms with Crippen molar-refractivity contribution in [2.75, 3.05) is 10.6 Å². The summed E-state index contributed by atoms with van der Waals surface area (Å²) < 4.78 is 78.2. The summed E-state index contributed by atoms with van der Waals surface area (Å²) in [5.74, 6) is -2.39. The van der Waals surface area contributed by atoms with Crippen molar-refractivity contribution in [3.63, 3.8) is 0 Å². The van der Waals surface area contributed by atoms with Crippen molar-refractivity contribution in [2.24, 2.45) is 7.05 Å². The number of alkyl halides is 3. The summed E-state index contributed by atoms with van der Waals surface area (Å²) in [6.07, 6.45) is -4.76. The Morgan fingerprint density at radius 3 is 2.26 bits per heavy atom. The summed E-state index contributed by atoms with van der Waals surface area (Å²) in [4.78, 5) is 36.9. The number of carbonyl (C=O) groups excluding carboxylic acids is 1. The highest BCUT2D eigenvalue weighted by molar-refractivity contribution is 7.92. The Morgan fingerprint density at radius 1 is 1.23 bits per heavy atom. The maximum atomic E-state index is 14.6. The third kappa shape index (κ3) is 4.36. The highest BCUT2D eigenvalue weighted by Crippen LogP contribution is 2.29. The zero-order chi connectivity index (χ0) is 23.9. The highest BCUT2D eigenvalue weighted by Gasteiger charge is 2.35. The minimum absolute atomic E-state index is 0.0338. The molecule has 0 saturated carbocycles. The molecule has 14 heteroatoms. The van der Waals surface area contributed by atoms with Gasteiger partial charge in [0.2, 0.25) is 15.9 Å². The van der Waals surface area contributed by atoms with E-state index in [1.54, 1.807) is 0 Å². The van der Waals surface area contributed by atoms with Crippen LogP contribution in [0.1, 0.15) is 24.6 Å². The maximum Gasteiger partial charge on any atom is 0.431 e. The first-order valence-electron chi connectivity index (χ1n) is 8.32. The molecular weight excluding hydrogens is 448 g/mol. The van der Waals surface area contributed by atoms with Gasteiger partial charge in [-0.15, -0.1) is 0 Å². The Morgan fingerprint density at radius 2 is 1.81 bits per heavy atom. The number of rotatable bonds is 4. The van der Waals surface area contributed by atoms with Gasteiger partial charge in [-0.05, 0) is 12.1 Å². The topological polar surface area (TPSA) is 122 Å². The van der Waals surface area contributed by atoms with Crippen molar-refractivity contribution >= 4 is 21.6 Å². The van der Waals surface area contributed by atoms with Crippen LogP contribution in [0.5, 0.6) is 0 Å². The van der Waals surface area contributed by atoms with Gasteiger partial charge in [-0.25, -0.2) is 26.5 Å². The van der Waals surface area contributed by atoms with Crippen LogP contribution in [0.4, 0.5) is 23.2 Å². The molecule has 0 aliphatic carbocycles. The third-order valence-corrected chi connectivity index (χ3v) is 5.18. The highest BCUT2D eigenvalue weighted by atomic mass is 32.2. The molecule has 0 spiro atoms. The minimum atomic E-state index is -5.05. The standard InChI is InChI=1S/C17H14F4N4O5S/c1-4-14(26)25(31(3,29)30)11-6-12(10(18)5-9(11)8-22)24-15(27)7-13(17(19,20)21)23(2)16(24)28/h5-7H,4H2,1-3H3. The Bertz CT molecular complexity index is 1340. The monoisotopic (exact) mass is 462 g/mol. The van der Waals surface area contributed by atoms with Crippen LogP contribution in [-0.4, -0.2) is 29.7 Å². The van der Waals surface area contributed by atoms with E-state index in [2.05, 4.69) is 0 Å². The minimum Gasteiger partial charge on any atom is -0.292 e. The number of sulfonamides is 1. The molecule has 0 atom stereocenters. The van der Waals surface area contributed by atoms with Gasteiger partial charge in [-0.2, -0.15) is 18.4 Å². The van der Waals surface area contributed by atoms with E-state index in [0.717, 1.165) is 0 Å². The first-order chi connectivity index (χ1) is 14.1. The average molecular weight is 462 g/mol. The molecule has 2 aromatic rings. The molecule has 0 aliphatic heterocycles. The molecule has 0 saturated heterocycles. The normalized spacial score (nSPS) is 11.8. The van der Waals surface area contributed by atoms with Crippen LogP contribution in [0.15, 0.2) is 27.8 Å². The molecule has 0 N–H and O–H groups in total. The molecule has 2 rings (SSSR count). The van der Waals surface area contributed by atoms with Gasteiger partial charge in [0.05, 0.1) is 23.2 Å². The smallest absolute Gasteiger partial charge is 0.292 e. The van der Waals surface area contributed by atoms with Crippen LogP contribution >= 0.6 is 0 Å². The number of aromatic nitrogens is 2. The second-order valence-corrected chi connectivity index (χ2v) is 8.08. The predicted octanol–water partition coefficient (Wildman–Crippen LogP) is 1.27. The predicted molar refractivity (Wildman–Crippen MR) is 99.6 cm³/mol. The number of halogens is 4. The fourth-order valence-corrected chi connectivity index (χ4v) is 3.75. The van der Waals surface area contributed by atoms with Crippen LogP contribution in [0.3, 0.4) is 0 Å². The molecule has 0 fully saturated rings. The van der Waals surface area contributed by atoms with Crippen molar-refractivity contribution in [1.82, 2.24) is 9.13 Å². The SMILES string of the molecule is CCC(=O)N(c1cc(-n2c(=O)cc(C(F)(F)F)n(C)c2=O)c(F)cc1C#N)S(C)(=O)=O. The molecule has 1 aromatic carbocycles. The molecule has 1 heterocycles. The van der Waals surface area contributed by atoms with Crippen LogP contribution in [0, 0.1) is 17.1 Å². The van der Waals surface area contributed by atoms with Gasteiger partial charge >= 0.3 is 11.9 Å². The lowest BCUT2D eigenvalue weighted by Crippen LogP contribution is -2.41. The lowest BCUT2D eigenvalue weighted by Gasteiger charge is -2.22. The molecule has 31 heavy (non-hydrogen) atoms. The molecule has 1 aromatic heterocycles. The fraction of sp³-hybridized carbons (Fsp3) is 0.294. The molecule has 0 unspecified atom stereocenters. The summed E-state index contributed by atoms with van der Waals surface area (Å²) in [6.45, 7) is 1.31. The number of hydrogen-bond donors (Lipinski definition) is 0. The van der Waals surface area contributed by atoms with Gasteiger partial charge in [0, 0.05) is 19.5 Å². The first kappa shape index (κ1) is 23.8. The Labute approximate surface area is 172 Å². The van der Waals surface area contributed by atoms with Gasteiger partial charge in [0.25, 0.3) is 5.56 Å². The molecule has 1 amide bonds. The molecule has 166 valence electrons. The molecule has 9 nitrogen and oxygen atoms in total. The summed E-state index contributed by atoms with van der Waals surface area (Å²) in [5, 5.41) is 9.24. The van der Waals surface area contributed by atoms with E-state index in [0.29, 0.717) is 25.4 Å². The fourth-order valence-electron chi connectivity index (χ4n) is 2.74. The lowest BCUT2D eigenvalue weighted by molar-refractivity contribution is -0.144. The number of benzene rings is 1. The zero-order valence-corrected chi connectivity index (χ0v) is 17.0. The number of anilines is 1. The van der Waals surface area contributed by atoms with Crippen LogP contribution in [-0.2, 0) is 28.0 Å². The Hall–Kier alpha value is -3.47. The first-order valence-corrected chi connectivity index (χ1v) is 10.2. The second-order valence-electron chi connectivity index (χ2n) is 6.25. The lowest BCUT2D eigenvalue weighted by atomic mass is 10.1. The molecule has 0 bridgehead atoms. The van der Waals surface area contributed by atoms with E-state index in [-0.39, 0.29) is 25.9 Å². The largest absolute Gasteiger partial charge is 0.431 e. The molecular formula is C17H14F4N4O5S. The van der Waals surface area contributed by atoms with Gasteiger partial charge < -0.3 is 0 Å². The van der Waals surface area contributed by atoms with Crippen LogP contribution in [0.25, 0.3) is 5.69 Å². The average Bonchev–Trinajstić information content (AvgIpc) is 2.64.